The predicted molar refractivity (Wildman–Crippen MR) is 87.6 cm³/mol. The Labute approximate surface area is 131 Å². The number of pyridine rings is 1. The van der Waals surface area contributed by atoms with Crippen LogP contribution in [0, 0.1) is 12.7 Å². The van der Waals surface area contributed by atoms with Crippen molar-refractivity contribution in [3.63, 3.8) is 0 Å². The van der Waals surface area contributed by atoms with Gasteiger partial charge in [-0.2, -0.15) is 11.8 Å². The van der Waals surface area contributed by atoms with Gasteiger partial charge in [-0.25, -0.2) is 9.37 Å². The third kappa shape index (κ3) is 3.36. The molecule has 0 saturated heterocycles. The standard InChI is InChI=1S/C17H15FN2OS/c1-12-5-6-16-19-15(8-17(21)20(16)9-12)11-22-10-13-3-2-4-14(18)7-13/h2-9H,10-11H2,1H3. The Hall–Kier alpha value is -2.14. The quantitative estimate of drug-likeness (QED) is 0.738. The molecule has 0 radical (unpaired) electrons. The summed E-state index contributed by atoms with van der Waals surface area (Å²) in [7, 11) is 0. The Morgan fingerprint density at radius 1 is 1.18 bits per heavy atom. The average Bonchev–Trinajstić information content (AvgIpc) is 2.48. The lowest BCUT2D eigenvalue weighted by Gasteiger charge is -2.05. The van der Waals surface area contributed by atoms with Crippen molar-refractivity contribution < 1.29 is 4.39 Å². The second kappa shape index (κ2) is 6.32. The molecule has 0 fully saturated rings. The normalized spacial score (nSPS) is 11.0. The van der Waals surface area contributed by atoms with Gasteiger partial charge in [-0.3, -0.25) is 9.20 Å². The van der Waals surface area contributed by atoms with E-state index in [0.717, 1.165) is 16.8 Å². The average molecular weight is 314 g/mol. The first-order valence-electron chi connectivity index (χ1n) is 6.93. The van der Waals surface area contributed by atoms with Crippen LogP contribution in [-0.2, 0) is 11.5 Å². The molecule has 0 unspecified atom stereocenters. The van der Waals surface area contributed by atoms with Crippen LogP contribution in [0.5, 0.6) is 0 Å². The van der Waals surface area contributed by atoms with Crippen molar-refractivity contribution in [1.82, 2.24) is 9.38 Å². The lowest BCUT2D eigenvalue weighted by molar-refractivity contribution is 0.626. The molecule has 112 valence electrons. The number of fused-ring (bicyclic) bond motifs is 1. The number of hydrogen-bond acceptors (Lipinski definition) is 3. The molecule has 0 aliphatic heterocycles. The van der Waals surface area contributed by atoms with Crippen LogP contribution in [0.25, 0.3) is 5.65 Å². The summed E-state index contributed by atoms with van der Waals surface area (Å²) >= 11 is 1.61. The highest BCUT2D eigenvalue weighted by Gasteiger charge is 2.03. The number of rotatable bonds is 4. The van der Waals surface area contributed by atoms with Crippen molar-refractivity contribution in [3.8, 4) is 0 Å². The van der Waals surface area contributed by atoms with Gasteiger partial charge in [-0.1, -0.05) is 18.2 Å². The fourth-order valence-electron chi connectivity index (χ4n) is 2.23. The maximum atomic E-state index is 13.1. The predicted octanol–water partition coefficient (Wildman–Crippen LogP) is 3.58. The van der Waals surface area contributed by atoms with Crippen molar-refractivity contribution in [2.24, 2.45) is 0 Å². The van der Waals surface area contributed by atoms with E-state index in [2.05, 4.69) is 4.98 Å². The first-order chi connectivity index (χ1) is 10.6. The third-order valence-electron chi connectivity index (χ3n) is 3.27. The molecule has 5 heteroatoms. The van der Waals surface area contributed by atoms with Gasteiger partial charge in [0.25, 0.3) is 5.56 Å². The van der Waals surface area contributed by atoms with Gasteiger partial charge in [-0.15, -0.1) is 0 Å². The first-order valence-corrected chi connectivity index (χ1v) is 8.08. The largest absolute Gasteiger partial charge is 0.269 e. The molecule has 2 heterocycles. The molecule has 3 aromatic rings. The molecule has 3 rings (SSSR count). The zero-order valence-corrected chi connectivity index (χ0v) is 12.9. The minimum absolute atomic E-state index is 0.0740. The Kier molecular flexibility index (Phi) is 4.24. The highest BCUT2D eigenvalue weighted by atomic mass is 32.2. The number of nitrogens with zero attached hydrogens (tertiary/aromatic N) is 2. The van der Waals surface area contributed by atoms with E-state index in [-0.39, 0.29) is 11.4 Å². The summed E-state index contributed by atoms with van der Waals surface area (Å²) in [6, 6.07) is 11.9. The second-order valence-corrected chi connectivity index (χ2v) is 6.13. The smallest absolute Gasteiger partial charge is 0.258 e. The van der Waals surface area contributed by atoms with Crippen molar-refractivity contribution in [1.29, 1.82) is 0 Å². The Balaban J connectivity index is 1.74. The van der Waals surface area contributed by atoms with Crippen LogP contribution < -0.4 is 5.56 Å². The Bertz CT molecular complexity index is 876. The molecule has 0 spiro atoms. The molecule has 0 N–H and O–H groups in total. The summed E-state index contributed by atoms with van der Waals surface area (Å²) in [4.78, 5) is 16.6. The van der Waals surface area contributed by atoms with Crippen molar-refractivity contribution in [3.05, 3.63) is 81.7 Å². The number of benzene rings is 1. The fourth-order valence-corrected chi connectivity index (χ4v) is 3.11. The van der Waals surface area contributed by atoms with Crippen LogP contribution >= 0.6 is 11.8 Å². The van der Waals surface area contributed by atoms with Gasteiger partial charge in [0.05, 0.1) is 5.69 Å². The zero-order chi connectivity index (χ0) is 15.5. The van der Waals surface area contributed by atoms with Crippen LogP contribution in [-0.4, -0.2) is 9.38 Å². The van der Waals surface area contributed by atoms with Crippen LogP contribution in [0.4, 0.5) is 4.39 Å². The van der Waals surface area contributed by atoms with Crippen molar-refractivity contribution in [2.45, 2.75) is 18.4 Å². The first kappa shape index (κ1) is 14.8. The topological polar surface area (TPSA) is 34.4 Å². The molecule has 0 aliphatic rings. The maximum Gasteiger partial charge on any atom is 0.258 e. The van der Waals surface area contributed by atoms with E-state index in [9.17, 15) is 9.18 Å². The van der Waals surface area contributed by atoms with E-state index < -0.39 is 0 Å². The summed E-state index contributed by atoms with van der Waals surface area (Å²) in [5.74, 6) is 1.08. The SMILES string of the molecule is Cc1ccc2nc(CSCc3cccc(F)c3)cc(=O)n2c1. The highest BCUT2D eigenvalue weighted by molar-refractivity contribution is 7.97. The molecular formula is C17H15FN2OS. The number of thioether (sulfide) groups is 1. The summed E-state index contributed by atoms with van der Waals surface area (Å²) in [5, 5.41) is 0. The van der Waals surface area contributed by atoms with Crippen LogP contribution in [0.3, 0.4) is 0 Å². The van der Waals surface area contributed by atoms with Crippen LogP contribution in [0.2, 0.25) is 0 Å². The molecule has 1 aromatic carbocycles. The lowest BCUT2D eigenvalue weighted by Crippen LogP contribution is -2.15. The monoisotopic (exact) mass is 314 g/mol. The van der Waals surface area contributed by atoms with Gasteiger partial charge < -0.3 is 0 Å². The second-order valence-electron chi connectivity index (χ2n) is 5.14. The molecule has 0 bridgehead atoms. The van der Waals surface area contributed by atoms with Crippen molar-refractivity contribution >= 4 is 17.4 Å². The number of halogens is 1. The lowest BCUT2D eigenvalue weighted by atomic mass is 10.2. The van der Waals surface area contributed by atoms with Gasteiger partial charge in [-0.05, 0) is 36.2 Å². The molecule has 0 aliphatic carbocycles. The summed E-state index contributed by atoms with van der Waals surface area (Å²) in [6.45, 7) is 1.94. The van der Waals surface area contributed by atoms with Gasteiger partial charge >= 0.3 is 0 Å². The fraction of sp³-hybridized carbons (Fsp3) is 0.176. The molecule has 22 heavy (non-hydrogen) atoms. The summed E-state index contributed by atoms with van der Waals surface area (Å²) in [5.41, 5.74) is 3.27. The molecule has 0 atom stereocenters. The van der Waals surface area contributed by atoms with E-state index in [1.165, 1.54) is 12.1 Å². The number of hydrogen-bond donors (Lipinski definition) is 0. The minimum Gasteiger partial charge on any atom is -0.269 e. The number of aromatic nitrogens is 2. The zero-order valence-electron chi connectivity index (χ0n) is 12.1. The van der Waals surface area contributed by atoms with E-state index >= 15 is 0 Å². The van der Waals surface area contributed by atoms with E-state index in [1.54, 1.807) is 34.5 Å². The molecule has 0 amide bonds. The molecule has 0 saturated carbocycles. The maximum absolute atomic E-state index is 13.1. The minimum atomic E-state index is -0.226. The van der Waals surface area contributed by atoms with Crippen LogP contribution in [0.1, 0.15) is 16.8 Å². The molecule has 2 aromatic heterocycles. The van der Waals surface area contributed by atoms with E-state index in [4.69, 9.17) is 0 Å². The Morgan fingerprint density at radius 3 is 2.86 bits per heavy atom. The van der Waals surface area contributed by atoms with Crippen molar-refractivity contribution in [2.75, 3.05) is 0 Å². The van der Waals surface area contributed by atoms with Gasteiger partial charge in [0.2, 0.25) is 0 Å². The van der Waals surface area contributed by atoms with E-state index in [1.807, 2.05) is 25.1 Å². The highest BCUT2D eigenvalue weighted by Crippen LogP contribution is 2.17. The van der Waals surface area contributed by atoms with E-state index in [0.29, 0.717) is 17.2 Å². The molecule has 3 nitrogen and oxygen atoms in total. The van der Waals surface area contributed by atoms with Gasteiger partial charge in [0.1, 0.15) is 11.5 Å². The number of aryl methyl sites for hydroxylation is 1. The third-order valence-corrected chi connectivity index (χ3v) is 4.31. The molecular weight excluding hydrogens is 299 g/mol. The summed E-state index contributed by atoms with van der Waals surface area (Å²) < 4.78 is 14.7. The van der Waals surface area contributed by atoms with Gasteiger partial charge in [0.15, 0.2) is 0 Å². The summed E-state index contributed by atoms with van der Waals surface area (Å²) in [6.07, 6.45) is 1.79. The van der Waals surface area contributed by atoms with Gasteiger partial charge in [0, 0.05) is 23.8 Å². The Morgan fingerprint density at radius 2 is 2.05 bits per heavy atom. The van der Waals surface area contributed by atoms with Crippen LogP contribution in [0.15, 0.2) is 53.5 Å².